The molecule has 0 spiro atoms. The van der Waals surface area contributed by atoms with Crippen LogP contribution in [0.1, 0.15) is 32.6 Å². The summed E-state index contributed by atoms with van der Waals surface area (Å²) < 4.78 is 0. The number of amides is 1. The van der Waals surface area contributed by atoms with Crippen molar-refractivity contribution in [2.75, 3.05) is 29.9 Å². The number of piperidine rings is 1. The highest BCUT2D eigenvalue weighted by molar-refractivity contribution is 5.92. The molecule has 1 aromatic rings. The first-order valence-corrected chi connectivity index (χ1v) is 7.97. The van der Waals surface area contributed by atoms with Gasteiger partial charge < -0.3 is 15.5 Å². The molecule has 2 aliphatic heterocycles. The summed E-state index contributed by atoms with van der Waals surface area (Å²) in [6.07, 6.45) is 6.08. The van der Waals surface area contributed by atoms with Crippen LogP contribution in [-0.4, -0.2) is 36.6 Å². The number of hydrogen-bond acceptors (Lipinski definition) is 4. The zero-order valence-corrected chi connectivity index (χ0v) is 12.6. The van der Waals surface area contributed by atoms with Gasteiger partial charge in [-0.3, -0.25) is 4.79 Å². The molecule has 2 fully saturated rings. The molecule has 2 aliphatic rings. The lowest BCUT2D eigenvalue weighted by Gasteiger charge is -2.27. The van der Waals surface area contributed by atoms with Crippen molar-refractivity contribution < 1.29 is 4.79 Å². The average molecular weight is 288 g/mol. The van der Waals surface area contributed by atoms with E-state index in [1.807, 2.05) is 12.1 Å². The lowest BCUT2D eigenvalue weighted by molar-refractivity contribution is -0.120. The molecule has 3 heterocycles. The number of aromatic nitrogens is 1. The fourth-order valence-electron chi connectivity index (χ4n) is 3.21. The number of anilines is 2. The smallest absolute Gasteiger partial charge is 0.227 e. The number of nitrogens with one attached hydrogen (secondary N) is 2. The van der Waals surface area contributed by atoms with Gasteiger partial charge in [-0.2, -0.15) is 0 Å². The Labute approximate surface area is 126 Å². The molecule has 2 unspecified atom stereocenters. The molecule has 0 aromatic carbocycles. The molecule has 3 rings (SSSR count). The van der Waals surface area contributed by atoms with Crippen LogP contribution in [0, 0.1) is 5.92 Å². The Hall–Kier alpha value is -1.62. The first-order chi connectivity index (χ1) is 10.2. The van der Waals surface area contributed by atoms with Crippen molar-refractivity contribution in [2.45, 2.75) is 38.6 Å². The van der Waals surface area contributed by atoms with Crippen LogP contribution in [0.2, 0.25) is 0 Å². The van der Waals surface area contributed by atoms with E-state index in [4.69, 9.17) is 0 Å². The Bertz CT molecular complexity index is 482. The summed E-state index contributed by atoms with van der Waals surface area (Å²) in [7, 11) is 0. The van der Waals surface area contributed by atoms with Gasteiger partial charge in [0.05, 0.1) is 11.9 Å². The highest BCUT2D eigenvalue weighted by Crippen LogP contribution is 2.21. The molecule has 0 aliphatic carbocycles. The second-order valence-corrected chi connectivity index (χ2v) is 6.16. The van der Waals surface area contributed by atoms with E-state index in [-0.39, 0.29) is 11.8 Å². The van der Waals surface area contributed by atoms with Crippen LogP contribution in [0.3, 0.4) is 0 Å². The van der Waals surface area contributed by atoms with Crippen LogP contribution in [0.5, 0.6) is 0 Å². The van der Waals surface area contributed by atoms with E-state index in [0.29, 0.717) is 6.04 Å². The minimum Gasteiger partial charge on any atom is -0.357 e. The molecular weight excluding hydrogens is 264 g/mol. The summed E-state index contributed by atoms with van der Waals surface area (Å²) >= 11 is 0. The topological polar surface area (TPSA) is 57.3 Å². The van der Waals surface area contributed by atoms with Crippen LogP contribution < -0.4 is 15.5 Å². The minimum absolute atomic E-state index is 0.111. The van der Waals surface area contributed by atoms with Gasteiger partial charge in [0.15, 0.2) is 0 Å². The number of pyridine rings is 1. The molecular formula is C16H24N4O. The molecule has 5 heteroatoms. The Morgan fingerprint density at radius 1 is 1.38 bits per heavy atom. The van der Waals surface area contributed by atoms with Crippen molar-refractivity contribution in [3.05, 3.63) is 18.3 Å². The monoisotopic (exact) mass is 288 g/mol. The maximum absolute atomic E-state index is 12.3. The molecule has 2 saturated heterocycles. The maximum atomic E-state index is 12.3. The predicted octanol–water partition coefficient (Wildman–Crippen LogP) is 2.01. The summed E-state index contributed by atoms with van der Waals surface area (Å²) in [4.78, 5) is 19.0. The molecule has 2 N–H and O–H groups in total. The molecule has 0 radical (unpaired) electrons. The molecule has 5 nitrogen and oxygen atoms in total. The predicted molar refractivity (Wildman–Crippen MR) is 84.5 cm³/mol. The molecule has 0 saturated carbocycles. The van der Waals surface area contributed by atoms with Gasteiger partial charge in [-0.15, -0.1) is 0 Å². The second-order valence-electron chi connectivity index (χ2n) is 6.16. The van der Waals surface area contributed by atoms with Gasteiger partial charge in [0, 0.05) is 25.0 Å². The van der Waals surface area contributed by atoms with Gasteiger partial charge in [-0.1, -0.05) is 0 Å². The van der Waals surface area contributed by atoms with Crippen LogP contribution in [0.25, 0.3) is 0 Å². The summed E-state index contributed by atoms with van der Waals surface area (Å²) in [5.74, 6) is 1.25. The molecule has 0 bridgehead atoms. The molecule has 1 aromatic heterocycles. The van der Waals surface area contributed by atoms with Gasteiger partial charge in [0.1, 0.15) is 5.82 Å². The zero-order chi connectivity index (χ0) is 14.7. The normalized spacial score (nSPS) is 25.9. The van der Waals surface area contributed by atoms with Crippen molar-refractivity contribution in [1.29, 1.82) is 0 Å². The second kappa shape index (κ2) is 6.43. The van der Waals surface area contributed by atoms with Crippen molar-refractivity contribution >= 4 is 17.4 Å². The first-order valence-electron chi connectivity index (χ1n) is 7.97. The van der Waals surface area contributed by atoms with E-state index < -0.39 is 0 Å². The van der Waals surface area contributed by atoms with Crippen molar-refractivity contribution in [3.8, 4) is 0 Å². The van der Waals surface area contributed by atoms with Crippen molar-refractivity contribution in [2.24, 2.45) is 5.92 Å². The number of nitrogens with zero attached hydrogens (tertiary/aromatic N) is 2. The van der Waals surface area contributed by atoms with E-state index in [1.54, 1.807) is 6.20 Å². The number of hydrogen-bond donors (Lipinski definition) is 2. The van der Waals surface area contributed by atoms with Crippen molar-refractivity contribution in [1.82, 2.24) is 10.3 Å². The van der Waals surface area contributed by atoms with E-state index >= 15 is 0 Å². The van der Waals surface area contributed by atoms with Gasteiger partial charge >= 0.3 is 0 Å². The van der Waals surface area contributed by atoms with Gasteiger partial charge in [-0.25, -0.2) is 4.98 Å². The lowest BCUT2D eigenvalue weighted by Crippen LogP contribution is -2.40. The largest absolute Gasteiger partial charge is 0.357 e. The lowest BCUT2D eigenvalue weighted by atomic mass is 9.92. The highest BCUT2D eigenvalue weighted by Gasteiger charge is 2.24. The SMILES string of the molecule is CC1CC(C(=O)Nc2ccc(N3CCCC3)nc2)CCN1. The summed E-state index contributed by atoms with van der Waals surface area (Å²) in [6, 6.07) is 4.39. The number of carbonyl (C=O) groups excluding carboxylic acids is 1. The van der Waals surface area contributed by atoms with E-state index in [2.05, 4.69) is 27.4 Å². The highest BCUT2D eigenvalue weighted by atomic mass is 16.1. The Kier molecular flexibility index (Phi) is 4.39. The third-order valence-electron chi connectivity index (χ3n) is 4.44. The quantitative estimate of drug-likeness (QED) is 0.893. The molecule has 21 heavy (non-hydrogen) atoms. The van der Waals surface area contributed by atoms with Gasteiger partial charge in [0.25, 0.3) is 0 Å². The fourth-order valence-corrected chi connectivity index (χ4v) is 3.21. The Morgan fingerprint density at radius 2 is 2.19 bits per heavy atom. The number of rotatable bonds is 3. The average Bonchev–Trinajstić information content (AvgIpc) is 3.02. The maximum Gasteiger partial charge on any atom is 0.227 e. The third-order valence-corrected chi connectivity index (χ3v) is 4.44. The van der Waals surface area contributed by atoms with E-state index in [9.17, 15) is 4.79 Å². The summed E-state index contributed by atoms with van der Waals surface area (Å²) in [5, 5.41) is 6.37. The third kappa shape index (κ3) is 3.53. The number of carbonyl (C=O) groups is 1. The standard InChI is InChI=1S/C16H24N4O/c1-12-10-13(6-7-17-12)16(21)19-14-4-5-15(18-11-14)20-8-2-3-9-20/h4-5,11-13,17H,2-3,6-10H2,1H3,(H,19,21). The van der Waals surface area contributed by atoms with E-state index in [1.165, 1.54) is 12.8 Å². The first kappa shape index (κ1) is 14.3. The van der Waals surface area contributed by atoms with E-state index in [0.717, 1.165) is 44.0 Å². The van der Waals surface area contributed by atoms with Gasteiger partial charge in [0.2, 0.25) is 5.91 Å². The minimum atomic E-state index is 0.111. The molecule has 114 valence electrons. The van der Waals surface area contributed by atoms with Crippen LogP contribution >= 0.6 is 0 Å². The Balaban J connectivity index is 1.58. The summed E-state index contributed by atoms with van der Waals surface area (Å²) in [6.45, 7) is 5.23. The van der Waals surface area contributed by atoms with Crippen LogP contribution in [0.4, 0.5) is 11.5 Å². The fraction of sp³-hybridized carbons (Fsp3) is 0.625. The van der Waals surface area contributed by atoms with Crippen LogP contribution in [0.15, 0.2) is 18.3 Å². The molecule has 2 atom stereocenters. The molecule has 1 amide bonds. The van der Waals surface area contributed by atoms with Crippen LogP contribution in [-0.2, 0) is 4.79 Å². The van der Waals surface area contributed by atoms with Gasteiger partial charge in [-0.05, 0) is 51.3 Å². The Morgan fingerprint density at radius 3 is 2.86 bits per heavy atom. The zero-order valence-electron chi connectivity index (χ0n) is 12.6. The van der Waals surface area contributed by atoms with Crippen molar-refractivity contribution in [3.63, 3.8) is 0 Å². The summed E-state index contributed by atoms with van der Waals surface area (Å²) in [5.41, 5.74) is 0.800.